The topological polar surface area (TPSA) is 119 Å². The molecule has 0 aliphatic rings. The van der Waals surface area contributed by atoms with Gasteiger partial charge in [-0.15, -0.1) is 10.2 Å². The van der Waals surface area contributed by atoms with Crippen molar-refractivity contribution < 1.29 is 9.21 Å². The van der Waals surface area contributed by atoms with E-state index < -0.39 is 5.78 Å². The number of aromatic nitrogens is 2. The highest BCUT2D eigenvalue weighted by Gasteiger charge is 2.19. The maximum Gasteiger partial charge on any atom is 0.285 e. The summed E-state index contributed by atoms with van der Waals surface area (Å²) in [6.45, 7) is 0. The molecule has 0 saturated heterocycles. The summed E-state index contributed by atoms with van der Waals surface area (Å²) < 4.78 is 5.41. The molecule has 0 saturated carbocycles. The van der Waals surface area contributed by atoms with Crippen molar-refractivity contribution in [1.82, 2.24) is 10.2 Å². The summed E-state index contributed by atoms with van der Waals surface area (Å²) in [5.41, 5.74) is 8.54. The van der Waals surface area contributed by atoms with Crippen molar-refractivity contribution in [2.75, 3.05) is 10.8 Å². The third kappa shape index (κ3) is 4.01. The number of amidine groups is 1. The van der Waals surface area contributed by atoms with Gasteiger partial charge >= 0.3 is 0 Å². The molecule has 0 amide bonds. The molecule has 3 aromatic rings. The van der Waals surface area contributed by atoms with Gasteiger partial charge in [0.25, 0.3) is 5.89 Å². The van der Waals surface area contributed by atoms with E-state index in [9.17, 15) is 4.79 Å². The number of rotatable bonds is 6. The van der Waals surface area contributed by atoms with Crippen molar-refractivity contribution in [2.45, 2.75) is 0 Å². The summed E-state index contributed by atoms with van der Waals surface area (Å²) in [5, 5.41) is 20.1. The summed E-state index contributed by atoms with van der Waals surface area (Å²) in [6, 6.07) is 18.0. The highest BCUT2D eigenvalue weighted by Crippen LogP contribution is 2.21. The number of hydrogen-bond acceptors (Lipinski definition) is 8. The van der Waals surface area contributed by atoms with Crippen molar-refractivity contribution >= 4 is 28.4 Å². The van der Waals surface area contributed by atoms with Crippen LogP contribution in [0.15, 0.2) is 70.3 Å². The first-order valence-electron chi connectivity index (χ1n) is 7.55. The Balaban J connectivity index is 1.63. The van der Waals surface area contributed by atoms with Crippen LogP contribution in [0.4, 0.5) is 5.69 Å². The van der Waals surface area contributed by atoms with Gasteiger partial charge in [0.1, 0.15) is 0 Å². The molecule has 9 heteroatoms. The molecular weight excluding hydrogens is 352 g/mol. The van der Waals surface area contributed by atoms with Gasteiger partial charge < -0.3 is 4.42 Å². The summed E-state index contributed by atoms with van der Waals surface area (Å²) in [6.07, 6.45) is 0. The zero-order valence-electron chi connectivity index (χ0n) is 13.5. The number of ketones is 1. The molecule has 0 spiro atoms. The van der Waals surface area contributed by atoms with Gasteiger partial charge in [0.05, 0.1) is 11.4 Å². The lowest BCUT2D eigenvalue weighted by Gasteiger charge is -2.16. The Morgan fingerprint density at radius 3 is 2.38 bits per heavy atom. The van der Waals surface area contributed by atoms with Crippen LogP contribution in [0.1, 0.15) is 10.7 Å². The second kappa shape index (κ2) is 8.17. The van der Waals surface area contributed by atoms with Crippen molar-refractivity contribution in [3.63, 3.8) is 0 Å². The monoisotopic (exact) mass is 366 g/mol. The van der Waals surface area contributed by atoms with Crippen LogP contribution in [0.25, 0.3) is 11.5 Å². The van der Waals surface area contributed by atoms with Gasteiger partial charge in [-0.3, -0.25) is 10.2 Å². The average Bonchev–Trinajstić information content (AvgIpc) is 3.18. The van der Waals surface area contributed by atoms with E-state index in [4.69, 9.17) is 15.4 Å². The van der Waals surface area contributed by atoms with E-state index in [2.05, 4.69) is 15.4 Å². The number of anilines is 1. The van der Waals surface area contributed by atoms with Crippen LogP contribution in [-0.2, 0) is 0 Å². The number of nitrogens with zero attached hydrogens (tertiary/aromatic N) is 4. The van der Waals surface area contributed by atoms with E-state index in [0.717, 1.165) is 22.3 Å². The maximum absolute atomic E-state index is 12.2. The smallest absolute Gasteiger partial charge is 0.285 e. The molecule has 3 rings (SSSR count). The molecule has 1 heterocycles. The molecule has 0 aliphatic heterocycles. The third-order valence-corrected chi connectivity index (χ3v) is 4.17. The predicted octanol–water partition coefficient (Wildman–Crippen LogP) is 4.04. The summed E-state index contributed by atoms with van der Waals surface area (Å²) in [4.78, 5) is 12.2. The Morgan fingerprint density at radius 1 is 1.08 bits per heavy atom. The van der Waals surface area contributed by atoms with Crippen LogP contribution >= 0.6 is 11.8 Å². The van der Waals surface area contributed by atoms with Gasteiger partial charge in [-0.2, -0.15) is 10.5 Å². The van der Waals surface area contributed by atoms with Gasteiger partial charge in [-0.05, 0) is 24.3 Å². The van der Waals surface area contributed by atoms with E-state index in [1.54, 1.807) is 36.4 Å². The minimum Gasteiger partial charge on any atom is -0.414 e. The molecule has 0 aliphatic carbocycles. The highest BCUT2D eigenvalue weighted by molar-refractivity contribution is 8.14. The van der Waals surface area contributed by atoms with Crippen molar-refractivity contribution in [1.29, 1.82) is 10.9 Å². The van der Waals surface area contributed by atoms with Gasteiger partial charge in [0.2, 0.25) is 11.7 Å². The molecule has 0 atom stereocenters. The first-order valence-corrected chi connectivity index (χ1v) is 8.53. The average molecular weight is 366 g/mol. The quantitative estimate of drug-likeness (QED) is 0.223. The van der Waals surface area contributed by atoms with Crippen molar-refractivity contribution in [3.8, 4) is 11.5 Å². The number of hydrogen-bond donors (Lipinski definition) is 2. The van der Waals surface area contributed by atoms with Crippen LogP contribution in [0, 0.1) is 10.9 Å². The van der Waals surface area contributed by atoms with E-state index in [1.807, 2.05) is 24.3 Å². The molecule has 0 bridgehead atoms. The zero-order chi connectivity index (χ0) is 18.4. The molecule has 130 valence electrons. The highest BCUT2D eigenvalue weighted by atomic mass is 32.2. The van der Waals surface area contributed by atoms with Crippen LogP contribution < -0.4 is 5.01 Å². The van der Waals surface area contributed by atoms with Crippen LogP contribution in [0.2, 0.25) is 0 Å². The first-order chi connectivity index (χ1) is 12.7. The standard InChI is InChI=1S/C17H14N6O2S/c18-17(23(22-19)13-9-5-2-6-10-13)26-11-14(24)16-21-20-15(25-16)12-7-3-1-4-8-12/h1-10,18-19H,11H2. The third-order valence-electron chi connectivity index (χ3n) is 3.32. The van der Waals surface area contributed by atoms with Crippen LogP contribution in [0.3, 0.4) is 0 Å². The minimum atomic E-state index is -0.396. The lowest BCUT2D eigenvalue weighted by Crippen LogP contribution is -2.22. The molecule has 8 nitrogen and oxygen atoms in total. The molecular formula is C17H14N6O2S. The van der Waals surface area contributed by atoms with E-state index >= 15 is 0 Å². The Morgan fingerprint density at radius 2 is 1.73 bits per heavy atom. The Labute approximate surface area is 153 Å². The second-order valence-electron chi connectivity index (χ2n) is 5.04. The first kappa shape index (κ1) is 17.5. The number of benzene rings is 2. The van der Waals surface area contributed by atoms with Gasteiger partial charge in [0, 0.05) is 5.56 Å². The van der Waals surface area contributed by atoms with Gasteiger partial charge in [0.15, 0.2) is 5.17 Å². The molecule has 2 aromatic carbocycles. The maximum atomic E-state index is 12.2. The van der Waals surface area contributed by atoms with E-state index in [1.165, 1.54) is 0 Å². The van der Waals surface area contributed by atoms with Crippen LogP contribution in [-0.4, -0.2) is 26.9 Å². The number of thioether (sulfide) groups is 1. The van der Waals surface area contributed by atoms with Gasteiger partial charge in [-0.1, -0.05) is 53.4 Å². The Kier molecular flexibility index (Phi) is 5.49. The second-order valence-corrected chi connectivity index (χ2v) is 6.01. The molecule has 0 unspecified atom stereocenters. The zero-order valence-corrected chi connectivity index (χ0v) is 14.3. The largest absolute Gasteiger partial charge is 0.414 e. The predicted molar refractivity (Wildman–Crippen MR) is 98.3 cm³/mol. The number of nitrogens with one attached hydrogen (secondary N) is 2. The molecule has 1 aromatic heterocycles. The lowest BCUT2D eigenvalue weighted by molar-refractivity contribution is 0.0986. The van der Waals surface area contributed by atoms with Crippen molar-refractivity contribution in [2.24, 2.45) is 5.22 Å². The lowest BCUT2D eigenvalue weighted by atomic mass is 10.2. The fourth-order valence-corrected chi connectivity index (χ4v) is 2.74. The van der Waals surface area contributed by atoms with Crippen molar-refractivity contribution in [3.05, 3.63) is 66.6 Å². The van der Waals surface area contributed by atoms with E-state index in [-0.39, 0.29) is 22.7 Å². The molecule has 2 N–H and O–H groups in total. The Bertz CT molecular complexity index is 913. The summed E-state index contributed by atoms with van der Waals surface area (Å²) in [7, 11) is 0. The SMILES string of the molecule is N=NN(C(=N)SCC(=O)c1nnc(-c2ccccc2)o1)c1ccccc1. The number of para-hydroxylation sites is 1. The number of Topliss-reactive ketones (excluding diaryl/α,β-unsaturated/α-hetero) is 1. The normalized spacial score (nSPS) is 10.3. The number of carbonyl (C=O) groups excluding carboxylic acids is 1. The minimum absolute atomic E-state index is 0.0534. The molecule has 0 radical (unpaired) electrons. The number of carbonyl (C=O) groups is 1. The molecule has 26 heavy (non-hydrogen) atoms. The fraction of sp³-hybridized carbons (Fsp3) is 0.0588. The van der Waals surface area contributed by atoms with E-state index in [0.29, 0.717) is 5.69 Å². The summed E-state index contributed by atoms with van der Waals surface area (Å²) in [5.74, 6) is -0.319. The fourth-order valence-electron chi connectivity index (χ4n) is 2.08. The molecule has 0 fully saturated rings. The summed E-state index contributed by atoms with van der Waals surface area (Å²) >= 11 is 0.930. The Hall–Kier alpha value is -3.33. The van der Waals surface area contributed by atoms with Crippen LogP contribution in [0.5, 0.6) is 0 Å². The van der Waals surface area contributed by atoms with Gasteiger partial charge in [-0.25, -0.2) is 0 Å².